The van der Waals surface area contributed by atoms with Crippen LogP contribution in [0, 0.1) is 0 Å². The van der Waals surface area contributed by atoms with E-state index < -0.39 is 0 Å². The van der Waals surface area contributed by atoms with Gasteiger partial charge in [-0.25, -0.2) is 0 Å². The van der Waals surface area contributed by atoms with Gasteiger partial charge in [-0.2, -0.15) is 0 Å². The number of benzene rings is 2. The first-order valence-electron chi connectivity index (χ1n) is 7.40. The first-order valence-corrected chi connectivity index (χ1v) is 7.40. The van der Waals surface area contributed by atoms with Gasteiger partial charge in [0.05, 0.1) is 0 Å². The SMILES string of the molecule is N[C@H]1CCN(Cc2ccccc2)C[C@@H]1c1ccccc1. The van der Waals surface area contributed by atoms with Crippen molar-refractivity contribution < 1.29 is 0 Å². The van der Waals surface area contributed by atoms with Gasteiger partial charge in [-0.3, -0.25) is 4.90 Å². The molecule has 0 unspecified atom stereocenters. The maximum Gasteiger partial charge on any atom is 0.0234 e. The first kappa shape index (κ1) is 13.3. The quantitative estimate of drug-likeness (QED) is 0.925. The number of hydrogen-bond donors (Lipinski definition) is 1. The average Bonchev–Trinajstić information content (AvgIpc) is 2.51. The van der Waals surface area contributed by atoms with Gasteiger partial charge < -0.3 is 5.73 Å². The fourth-order valence-corrected chi connectivity index (χ4v) is 3.08. The lowest BCUT2D eigenvalue weighted by Gasteiger charge is -2.37. The van der Waals surface area contributed by atoms with Crippen LogP contribution in [0.15, 0.2) is 60.7 Å². The molecule has 0 radical (unpaired) electrons. The molecule has 1 aliphatic heterocycles. The minimum Gasteiger partial charge on any atom is -0.327 e. The molecule has 0 aliphatic carbocycles. The van der Waals surface area contributed by atoms with Crippen LogP contribution in [-0.2, 0) is 6.54 Å². The van der Waals surface area contributed by atoms with E-state index in [1.807, 2.05) is 0 Å². The number of hydrogen-bond acceptors (Lipinski definition) is 2. The lowest BCUT2D eigenvalue weighted by molar-refractivity contribution is 0.183. The van der Waals surface area contributed by atoms with Crippen molar-refractivity contribution >= 4 is 0 Å². The normalized spacial score (nSPS) is 23.6. The minimum atomic E-state index is 0.282. The Balaban J connectivity index is 1.70. The van der Waals surface area contributed by atoms with Crippen molar-refractivity contribution in [2.45, 2.75) is 24.9 Å². The maximum atomic E-state index is 6.34. The highest BCUT2D eigenvalue weighted by Crippen LogP contribution is 2.26. The summed E-state index contributed by atoms with van der Waals surface area (Å²) in [6.07, 6.45) is 1.08. The molecule has 20 heavy (non-hydrogen) atoms. The minimum absolute atomic E-state index is 0.282. The molecule has 2 heteroatoms. The summed E-state index contributed by atoms with van der Waals surface area (Å²) in [5.41, 5.74) is 9.10. The summed E-state index contributed by atoms with van der Waals surface area (Å²) in [5.74, 6) is 0.452. The van der Waals surface area contributed by atoms with Crippen LogP contribution in [0.5, 0.6) is 0 Å². The third kappa shape index (κ3) is 3.09. The topological polar surface area (TPSA) is 29.3 Å². The van der Waals surface area contributed by atoms with Crippen molar-refractivity contribution in [3.05, 3.63) is 71.8 Å². The molecule has 0 spiro atoms. The molecule has 104 valence electrons. The number of rotatable bonds is 3. The van der Waals surface area contributed by atoms with E-state index in [9.17, 15) is 0 Å². The van der Waals surface area contributed by atoms with Gasteiger partial charge in [0.15, 0.2) is 0 Å². The monoisotopic (exact) mass is 266 g/mol. The molecule has 2 aromatic carbocycles. The lowest BCUT2D eigenvalue weighted by Crippen LogP contribution is -2.45. The summed E-state index contributed by atoms with van der Waals surface area (Å²) in [7, 11) is 0. The van der Waals surface area contributed by atoms with Crippen LogP contribution in [-0.4, -0.2) is 24.0 Å². The van der Waals surface area contributed by atoms with Gasteiger partial charge in [0.25, 0.3) is 0 Å². The molecule has 1 aliphatic rings. The largest absolute Gasteiger partial charge is 0.327 e. The fraction of sp³-hybridized carbons (Fsp3) is 0.333. The van der Waals surface area contributed by atoms with Crippen molar-refractivity contribution in [2.75, 3.05) is 13.1 Å². The van der Waals surface area contributed by atoms with Crippen molar-refractivity contribution in [3.8, 4) is 0 Å². The Hall–Kier alpha value is -1.64. The Morgan fingerprint density at radius 2 is 1.60 bits per heavy atom. The zero-order valence-corrected chi connectivity index (χ0v) is 11.8. The van der Waals surface area contributed by atoms with Gasteiger partial charge >= 0.3 is 0 Å². The van der Waals surface area contributed by atoms with Crippen LogP contribution < -0.4 is 5.73 Å². The van der Waals surface area contributed by atoms with Crippen LogP contribution in [0.4, 0.5) is 0 Å². The van der Waals surface area contributed by atoms with Gasteiger partial charge in [-0.1, -0.05) is 60.7 Å². The van der Waals surface area contributed by atoms with E-state index in [0.29, 0.717) is 5.92 Å². The zero-order valence-electron chi connectivity index (χ0n) is 11.8. The predicted molar refractivity (Wildman–Crippen MR) is 83.5 cm³/mol. The molecule has 0 bridgehead atoms. The first-order chi connectivity index (χ1) is 9.83. The number of nitrogens with two attached hydrogens (primary N) is 1. The highest BCUT2D eigenvalue weighted by molar-refractivity contribution is 5.23. The summed E-state index contributed by atoms with van der Waals surface area (Å²) in [5, 5.41) is 0. The molecular formula is C18H22N2. The molecule has 3 rings (SSSR count). The predicted octanol–water partition coefficient (Wildman–Crippen LogP) is 3.00. The van der Waals surface area contributed by atoms with E-state index >= 15 is 0 Å². The molecule has 2 N–H and O–H groups in total. The van der Waals surface area contributed by atoms with Gasteiger partial charge in [-0.05, 0) is 17.5 Å². The second-order valence-electron chi connectivity index (χ2n) is 5.69. The molecular weight excluding hydrogens is 244 g/mol. The molecule has 2 aromatic rings. The van der Waals surface area contributed by atoms with Crippen molar-refractivity contribution in [1.29, 1.82) is 0 Å². The fourth-order valence-electron chi connectivity index (χ4n) is 3.08. The van der Waals surface area contributed by atoms with Crippen molar-refractivity contribution in [1.82, 2.24) is 4.90 Å². The number of likely N-dealkylation sites (tertiary alicyclic amines) is 1. The maximum absolute atomic E-state index is 6.34. The van der Waals surface area contributed by atoms with E-state index in [4.69, 9.17) is 5.73 Å². The van der Waals surface area contributed by atoms with Crippen molar-refractivity contribution in [3.63, 3.8) is 0 Å². The van der Waals surface area contributed by atoms with Gasteiger partial charge in [-0.15, -0.1) is 0 Å². The number of piperidine rings is 1. The van der Waals surface area contributed by atoms with E-state index in [1.165, 1.54) is 11.1 Å². The van der Waals surface area contributed by atoms with Crippen LogP contribution in [0.2, 0.25) is 0 Å². The van der Waals surface area contributed by atoms with Crippen LogP contribution in [0.3, 0.4) is 0 Å². The Morgan fingerprint density at radius 1 is 0.950 bits per heavy atom. The van der Waals surface area contributed by atoms with Crippen molar-refractivity contribution in [2.24, 2.45) is 5.73 Å². The van der Waals surface area contributed by atoms with Gasteiger partial charge in [0.1, 0.15) is 0 Å². The highest BCUT2D eigenvalue weighted by Gasteiger charge is 2.27. The van der Waals surface area contributed by atoms with E-state index in [0.717, 1.165) is 26.1 Å². The summed E-state index contributed by atoms with van der Waals surface area (Å²) in [6, 6.07) is 21.7. The number of nitrogens with zero attached hydrogens (tertiary/aromatic N) is 1. The Kier molecular flexibility index (Phi) is 4.14. The summed E-state index contributed by atoms with van der Waals surface area (Å²) < 4.78 is 0. The smallest absolute Gasteiger partial charge is 0.0234 e. The zero-order chi connectivity index (χ0) is 13.8. The Labute approximate surface area is 121 Å². The molecule has 2 atom stereocenters. The summed E-state index contributed by atoms with van der Waals surface area (Å²) >= 11 is 0. The third-order valence-electron chi connectivity index (χ3n) is 4.23. The summed E-state index contributed by atoms with van der Waals surface area (Å²) in [6.45, 7) is 3.18. The highest BCUT2D eigenvalue weighted by atomic mass is 15.1. The Bertz CT molecular complexity index is 524. The molecule has 1 fully saturated rings. The molecule has 0 amide bonds. The van der Waals surface area contributed by atoms with Crippen LogP contribution >= 0.6 is 0 Å². The lowest BCUT2D eigenvalue weighted by atomic mass is 9.86. The Morgan fingerprint density at radius 3 is 2.30 bits per heavy atom. The van der Waals surface area contributed by atoms with Crippen LogP contribution in [0.1, 0.15) is 23.5 Å². The van der Waals surface area contributed by atoms with E-state index in [-0.39, 0.29) is 6.04 Å². The molecule has 0 saturated carbocycles. The molecule has 0 aromatic heterocycles. The second-order valence-corrected chi connectivity index (χ2v) is 5.69. The van der Waals surface area contributed by atoms with Gasteiger partial charge in [0.2, 0.25) is 0 Å². The standard InChI is InChI=1S/C18H22N2/c19-18-11-12-20(13-15-7-3-1-4-8-15)14-17(18)16-9-5-2-6-10-16/h1-10,17-18H,11-14,19H2/t17-,18+/m1/s1. The average molecular weight is 266 g/mol. The van der Waals surface area contributed by atoms with Gasteiger partial charge in [0, 0.05) is 31.6 Å². The third-order valence-corrected chi connectivity index (χ3v) is 4.23. The summed E-state index contributed by atoms with van der Waals surface area (Å²) in [4.78, 5) is 2.52. The molecule has 1 saturated heterocycles. The molecule has 1 heterocycles. The van der Waals surface area contributed by atoms with E-state index in [2.05, 4.69) is 65.6 Å². The van der Waals surface area contributed by atoms with E-state index in [1.54, 1.807) is 0 Å². The van der Waals surface area contributed by atoms with Crippen LogP contribution in [0.25, 0.3) is 0 Å². The molecule has 2 nitrogen and oxygen atoms in total. The second kappa shape index (κ2) is 6.21.